The average molecular weight is 310 g/mol. The standard InChI is InChI=1S/C15H13Cl2NO2/c1-18(9-10-2-4-11(16)5-3-10)12-6-7-13(15(19)20)14(17)8-12/h2-8H,9H2,1H3,(H,19,20). The highest BCUT2D eigenvalue weighted by Crippen LogP contribution is 2.24. The van der Waals surface area contributed by atoms with Crippen molar-refractivity contribution in [1.82, 2.24) is 0 Å². The molecule has 0 saturated heterocycles. The number of hydrogen-bond donors (Lipinski definition) is 1. The number of anilines is 1. The largest absolute Gasteiger partial charge is 0.478 e. The van der Waals surface area contributed by atoms with Gasteiger partial charge in [-0.1, -0.05) is 35.3 Å². The molecule has 0 aliphatic carbocycles. The van der Waals surface area contributed by atoms with Gasteiger partial charge in [-0.25, -0.2) is 4.79 Å². The third-order valence-electron chi connectivity index (χ3n) is 2.96. The summed E-state index contributed by atoms with van der Waals surface area (Å²) in [7, 11) is 1.92. The zero-order valence-electron chi connectivity index (χ0n) is 10.8. The Morgan fingerprint density at radius 2 is 1.80 bits per heavy atom. The number of carbonyl (C=O) groups is 1. The van der Waals surface area contributed by atoms with Gasteiger partial charge in [-0.2, -0.15) is 0 Å². The molecule has 0 radical (unpaired) electrons. The summed E-state index contributed by atoms with van der Waals surface area (Å²) in [4.78, 5) is 12.9. The van der Waals surface area contributed by atoms with Crippen molar-refractivity contribution in [1.29, 1.82) is 0 Å². The Labute approximate surface area is 127 Å². The van der Waals surface area contributed by atoms with Crippen LogP contribution < -0.4 is 4.90 Å². The molecule has 104 valence electrons. The van der Waals surface area contributed by atoms with E-state index in [-0.39, 0.29) is 10.6 Å². The maximum absolute atomic E-state index is 10.9. The Hall–Kier alpha value is -1.71. The van der Waals surface area contributed by atoms with Crippen LogP contribution in [-0.4, -0.2) is 18.1 Å². The van der Waals surface area contributed by atoms with Gasteiger partial charge in [0.05, 0.1) is 10.6 Å². The zero-order chi connectivity index (χ0) is 14.7. The van der Waals surface area contributed by atoms with Crippen molar-refractivity contribution in [3.8, 4) is 0 Å². The van der Waals surface area contributed by atoms with E-state index in [0.717, 1.165) is 11.3 Å². The summed E-state index contributed by atoms with van der Waals surface area (Å²) in [6.45, 7) is 0.680. The van der Waals surface area contributed by atoms with Crippen LogP contribution in [-0.2, 0) is 6.54 Å². The van der Waals surface area contributed by atoms with Gasteiger partial charge in [0.2, 0.25) is 0 Å². The minimum Gasteiger partial charge on any atom is -0.478 e. The van der Waals surface area contributed by atoms with E-state index < -0.39 is 5.97 Å². The number of rotatable bonds is 4. The molecule has 0 atom stereocenters. The van der Waals surface area contributed by atoms with E-state index in [2.05, 4.69) is 0 Å². The van der Waals surface area contributed by atoms with E-state index in [0.29, 0.717) is 11.6 Å². The van der Waals surface area contributed by atoms with Crippen LogP contribution in [0, 0.1) is 0 Å². The first kappa shape index (κ1) is 14.7. The molecule has 3 nitrogen and oxygen atoms in total. The lowest BCUT2D eigenvalue weighted by Crippen LogP contribution is -2.16. The van der Waals surface area contributed by atoms with Gasteiger partial charge in [-0.05, 0) is 35.9 Å². The molecule has 0 amide bonds. The Kier molecular flexibility index (Phi) is 4.53. The number of carboxylic acid groups (broad SMARTS) is 1. The van der Waals surface area contributed by atoms with Crippen LogP contribution in [0.2, 0.25) is 10.0 Å². The van der Waals surface area contributed by atoms with Crippen LogP contribution in [0.15, 0.2) is 42.5 Å². The molecule has 0 fully saturated rings. The average Bonchev–Trinajstić information content (AvgIpc) is 2.40. The van der Waals surface area contributed by atoms with E-state index >= 15 is 0 Å². The third-order valence-corrected chi connectivity index (χ3v) is 3.52. The molecule has 2 rings (SSSR count). The topological polar surface area (TPSA) is 40.5 Å². The molecule has 20 heavy (non-hydrogen) atoms. The molecular formula is C15H13Cl2NO2. The highest BCUT2D eigenvalue weighted by Gasteiger charge is 2.10. The van der Waals surface area contributed by atoms with Crippen molar-refractivity contribution in [3.63, 3.8) is 0 Å². The SMILES string of the molecule is CN(Cc1ccc(Cl)cc1)c1ccc(C(=O)O)c(Cl)c1. The van der Waals surface area contributed by atoms with Gasteiger partial charge in [0.1, 0.15) is 0 Å². The first-order chi connectivity index (χ1) is 9.47. The van der Waals surface area contributed by atoms with Gasteiger partial charge in [-0.3, -0.25) is 0 Å². The maximum Gasteiger partial charge on any atom is 0.337 e. The van der Waals surface area contributed by atoms with E-state index in [1.54, 1.807) is 12.1 Å². The summed E-state index contributed by atoms with van der Waals surface area (Å²) < 4.78 is 0. The Morgan fingerprint density at radius 3 is 2.35 bits per heavy atom. The van der Waals surface area contributed by atoms with Crippen molar-refractivity contribution in [3.05, 3.63) is 63.6 Å². The lowest BCUT2D eigenvalue weighted by molar-refractivity contribution is 0.0697. The second-order valence-electron chi connectivity index (χ2n) is 4.45. The molecule has 0 unspecified atom stereocenters. The van der Waals surface area contributed by atoms with Gasteiger partial charge in [0, 0.05) is 24.3 Å². The van der Waals surface area contributed by atoms with Crippen LogP contribution in [0.3, 0.4) is 0 Å². The normalized spacial score (nSPS) is 10.3. The van der Waals surface area contributed by atoms with Crippen LogP contribution in [0.4, 0.5) is 5.69 Å². The first-order valence-electron chi connectivity index (χ1n) is 5.96. The fourth-order valence-corrected chi connectivity index (χ4v) is 2.25. The molecule has 0 bridgehead atoms. The molecule has 1 N–H and O–H groups in total. The van der Waals surface area contributed by atoms with Crippen molar-refractivity contribution >= 4 is 34.9 Å². The summed E-state index contributed by atoms with van der Waals surface area (Å²) in [5.41, 5.74) is 2.07. The highest BCUT2D eigenvalue weighted by molar-refractivity contribution is 6.33. The molecule has 0 heterocycles. The van der Waals surface area contributed by atoms with E-state index in [1.807, 2.05) is 36.2 Å². The second kappa shape index (κ2) is 6.16. The summed E-state index contributed by atoms with van der Waals surface area (Å²) >= 11 is 11.8. The molecule has 5 heteroatoms. The van der Waals surface area contributed by atoms with Crippen LogP contribution in [0.5, 0.6) is 0 Å². The van der Waals surface area contributed by atoms with E-state index in [1.165, 1.54) is 6.07 Å². The van der Waals surface area contributed by atoms with Crippen molar-refractivity contribution < 1.29 is 9.90 Å². The lowest BCUT2D eigenvalue weighted by Gasteiger charge is -2.20. The summed E-state index contributed by atoms with van der Waals surface area (Å²) in [6, 6.07) is 12.5. The summed E-state index contributed by atoms with van der Waals surface area (Å²) in [6.07, 6.45) is 0. The van der Waals surface area contributed by atoms with Crippen LogP contribution in [0.25, 0.3) is 0 Å². The Morgan fingerprint density at radius 1 is 1.15 bits per heavy atom. The number of halogens is 2. The minimum atomic E-state index is -1.03. The Bertz CT molecular complexity index is 626. The predicted octanol–water partition coefficient (Wildman–Crippen LogP) is 4.33. The molecule has 0 aliphatic heterocycles. The molecule has 2 aromatic carbocycles. The van der Waals surface area contributed by atoms with Gasteiger partial charge in [0.15, 0.2) is 0 Å². The third kappa shape index (κ3) is 3.44. The van der Waals surface area contributed by atoms with Gasteiger partial charge < -0.3 is 10.0 Å². The molecule has 0 aliphatic rings. The molecule has 2 aromatic rings. The van der Waals surface area contributed by atoms with E-state index in [4.69, 9.17) is 28.3 Å². The number of benzene rings is 2. The molecule has 0 aromatic heterocycles. The number of aromatic carboxylic acids is 1. The fraction of sp³-hybridized carbons (Fsp3) is 0.133. The molecule has 0 saturated carbocycles. The molecular weight excluding hydrogens is 297 g/mol. The summed E-state index contributed by atoms with van der Waals surface area (Å²) in [5, 5.41) is 9.88. The zero-order valence-corrected chi connectivity index (χ0v) is 12.3. The van der Waals surface area contributed by atoms with Gasteiger partial charge >= 0.3 is 5.97 Å². The van der Waals surface area contributed by atoms with Crippen molar-refractivity contribution in [2.45, 2.75) is 6.54 Å². The number of hydrogen-bond acceptors (Lipinski definition) is 2. The van der Waals surface area contributed by atoms with Gasteiger partial charge in [0.25, 0.3) is 0 Å². The maximum atomic E-state index is 10.9. The van der Waals surface area contributed by atoms with Crippen LogP contribution >= 0.6 is 23.2 Å². The van der Waals surface area contributed by atoms with Crippen molar-refractivity contribution in [2.75, 3.05) is 11.9 Å². The van der Waals surface area contributed by atoms with Crippen LogP contribution in [0.1, 0.15) is 15.9 Å². The number of carboxylic acids is 1. The van der Waals surface area contributed by atoms with E-state index in [9.17, 15) is 4.79 Å². The minimum absolute atomic E-state index is 0.107. The van der Waals surface area contributed by atoms with Crippen molar-refractivity contribution in [2.24, 2.45) is 0 Å². The second-order valence-corrected chi connectivity index (χ2v) is 5.30. The van der Waals surface area contributed by atoms with Gasteiger partial charge in [-0.15, -0.1) is 0 Å². The molecule has 0 spiro atoms. The summed E-state index contributed by atoms with van der Waals surface area (Å²) in [5.74, 6) is -1.03. The smallest absolute Gasteiger partial charge is 0.337 e. The monoisotopic (exact) mass is 309 g/mol. The first-order valence-corrected chi connectivity index (χ1v) is 6.71. The number of nitrogens with zero attached hydrogens (tertiary/aromatic N) is 1. The highest BCUT2D eigenvalue weighted by atomic mass is 35.5. The lowest BCUT2D eigenvalue weighted by atomic mass is 10.1. The predicted molar refractivity (Wildman–Crippen MR) is 82.0 cm³/mol. The quantitative estimate of drug-likeness (QED) is 0.914. The fourth-order valence-electron chi connectivity index (χ4n) is 1.87. The Balaban J connectivity index is 2.17.